The molecule has 4 aliphatic carbocycles. The van der Waals surface area contributed by atoms with E-state index >= 15 is 0 Å². The Bertz CT molecular complexity index is 810. The van der Waals surface area contributed by atoms with Crippen molar-refractivity contribution in [2.45, 2.75) is 6.42 Å². The molecule has 6 nitrogen and oxygen atoms in total. The SMILES string of the molecule is COc1cc(C=NN2C(=O)C3C4C=CC(C5CC45)C3C2=O)ccc1O. The second-order valence-electron chi connectivity index (χ2n) is 7.32. The maximum absolute atomic E-state index is 12.8. The number of hydrogen-bond donors (Lipinski definition) is 1. The van der Waals surface area contributed by atoms with Crippen LogP contribution >= 0.6 is 0 Å². The van der Waals surface area contributed by atoms with E-state index in [1.165, 1.54) is 19.4 Å². The van der Waals surface area contributed by atoms with Crippen LogP contribution in [-0.2, 0) is 9.59 Å². The monoisotopic (exact) mass is 338 g/mol. The first-order valence-corrected chi connectivity index (χ1v) is 8.57. The molecular formula is C19H18N2O4. The molecule has 6 rings (SSSR count). The molecule has 0 spiro atoms. The number of imide groups is 1. The van der Waals surface area contributed by atoms with Gasteiger partial charge < -0.3 is 9.84 Å². The molecule has 1 saturated heterocycles. The molecular weight excluding hydrogens is 320 g/mol. The third-order valence-corrected chi connectivity index (χ3v) is 6.17. The van der Waals surface area contributed by atoms with Gasteiger partial charge in [-0.15, -0.1) is 0 Å². The minimum absolute atomic E-state index is 0.0286. The van der Waals surface area contributed by atoms with Gasteiger partial charge in [0.25, 0.3) is 11.8 Å². The number of aromatic hydroxyl groups is 1. The van der Waals surface area contributed by atoms with Crippen LogP contribution in [0.15, 0.2) is 35.5 Å². The maximum Gasteiger partial charge on any atom is 0.254 e. The number of hydrogen-bond acceptors (Lipinski definition) is 5. The average molecular weight is 338 g/mol. The first-order valence-electron chi connectivity index (χ1n) is 8.57. The molecule has 0 radical (unpaired) electrons. The minimum Gasteiger partial charge on any atom is -0.504 e. The van der Waals surface area contributed by atoms with E-state index in [4.69, 9.17) is 4.74 Å². The van der Waals surface area contributed by atoms with Gasteiger partial charge in [0.2, 0.25) is 0 Å². The van der Waals surface area contributed by atoms with Crippen LogP contribution in [0.1, 0.15) is 12.0 Å². The number of ether oxygens (including phenoxy) is 1. The zero-order chi connectivity index (χ0) is 17.3. The third kappa shape index (κ3) is 1.94. The number of benzene rings is 1. The number of nitrogens with zero attached hydrogens (tertiary/aromatic N) is 2. The van der Waals surface area contributed by atoms with Gasteiger partial charge >= 0.3 is 0 Å². The molecule has 5 aliphatic rings. The second-order valence-corrected chi connectivity index (χ2v) is 7.32. The van der Waals surface area contributed by atoms with Crippen LogP contribution in [0.2, 0.25) is 0 Å². The summed E-state index contributed by atoms with van der Waals surface area (Å²) in [6.45, 7) is 0. The van der Waals surface area contributed by atoms with E-state index in [9.17, 15) is 14.7 Å². The van der Waals surface area contributed by atoms with E-state index in [0.29, 0.717) is 23.1 Å². The topological polar surface area (TPSA) is 79.2 Å². The Labute approximate surface area is 144 Å². The van der Waals surface area contributed by atoms with Crippen LogP contribution in [0.4, 0.5) is 0 Å². The number of carbonyl (C=O) groups is 2. The zero-order valence-corrected chi connectivity index (χ0v) is 13.7. The molecule has 1 heterocycles. The second kappa shape index (κ2) is 4.94. The minimum atomic E-state index is -0.238. The number of phenolic OH excluding ortho intramolecular Hbond substituents is 1. The van der Waals surface area contributed by atoms with Crippen molar-refractivity contribution in [3.8, 4) is 11.5 Å². The van der Waals surface area contributed by atoms with E-state index < -0.39 is 0 Å². The Morgan fingerprint density at radius 3 is 2.40 bits per heavy atom. The lowest BCUT2D eigenvalue weighted by Crippen LogP contribution is -2.40. The number of hydrazone groups is 1. The lowest BCUT2D eigenvalue weighted by atomic mass is 9.63. The predicted molar refractivity (Wildman–Crippen MR) is 88.8 cm³/mol. The highest BCUT2D eigenvalue weighted by atomic mass is 16.5. The Morgan fingerprint density at radius 1 is 1.16 bits per heavy atom. The van der Waals surface area contributed by atoms with E-state index in [0.717, 1.165) is 11.4 Å². The van der Waals surface area contributed by atoms with E-state index in [2.05, 4.69) is 17.3 Å². The molecule has 25 heavy (non-hydrogen) atoms. The molecule has 6 heteroatoms. The van der Waals surface area contributed by atoms with Crippen molar-refractivity contribution in [1.82, 2.24) is 5.01 Å². The van der Waals surface area contributed by atoms with Crippen molar-refractivity contribution in [1.29, 1.82) is 0 Å². The molecule has 1 aromatic carbocycles. The number of phenols is 1. The third-order valence-electron chi connectivity index (χ3n) is 6.17. The lowest BCUT2D eigenvalue weighted by molar-refractivity contribution is -0.140. The van der Waals surface area contributed by atoms with Gasteiger partial charge in [0.05, 0.1) is 25.2 Å². The summed E-state index contributed by atoms with van der Waals surface area (Å²) in [6.07, 6.45) is 6.89. The smallest absolute Gasteiger partial charge is 0.254 e. The molecule has 128 valence electrons. The summed E-state index contributed by atoms with van der Waals surface area (Å²) in [4.78, 5) is 25.6. The van der Waals surface area contributed by atoms with Gasteiger partial charge in [0, 0.05) is 0 Å². The highest BCUT2D eigenvalue weighted by Crippen LogP contribution is 2.65. The Hall–Kier alpha value is -2.63. The van der Waals surface area contributed by atoms with Crippen molar-refractivity contribution >= 4 is 18.0 Å². The van der Waals surface area contributed by atoms with E-state index in [1.54, 1.807) is 12.1 Å². The lowest BCUT2D eigenvalue weighted by Gasteiger charge is -2.37. The summed E-state index contributed by atoms with van der Waals surface area (Å²) in [5.41, 5.74) is 0.647. The highest BCUT2D eigenvalue weighted by Gasteiger charge is 2.67. The normalized spacial score (nSPS) is 37.6. The van der Waals surface area contributed by atoms with Crippen molar-refractivity contribution < 1.29 is 19.4 Å². The average Bonchev–Trinajstić information content (AvgIpc) is 3.40. The summed E-state index contributed by atoms with van der Waals surface area (Å²) in [5, 5.41) is 14.9. The van der Waals surface area contributed by atoms with Crippen molar-refractivity contribution in [2.75, 3.05) is 7.11 Å². The van der Waals surface area contributed by atoms with Gasteiger partial charge in [-0.2, -0.15) is 10.1 Å². The summed E-state index contributed by atoms with van der Waals surface area (Å²) in [6, 6.07) is 4.75. The zero-order valence-electron chi connectivity index (χ0n) is 13.7. The quantitative estimate of drug-likeness (QED) is 0.518. The van der Waals surface area contributed by atoms with Crippen LogP contribution in [0.5, 0.6) is 11.5 Å². The van der Waals surface area contributed by atoms with Gasteiger partial charge in [0.1, 0.15) is 0 Å². The summed E-state index contributed by atoms with van der Waals surface area (Å²) in [7, 11) is 1.46. The fraction of sp³-hybridized carbons (Fsp3) is 0.421. The van der Waals surface area contributed by atoms with Crippen molar-refractivity contribution in [3.05, 3.63) is 35.9 Å². The maximum atomic E-state index is 12.8. The molecule has 1 aromatic rings. The molecule has 2 amide bonds. The Kier molecular flexibility index (Phi) is 2.90. The number of amides is 2. The van der Waals surface area contributed by atoms with Gasteiger partial charge in [-0.1, -0.05) is 12.2 Å². The molecule has 6 atom stereocenters. The number of methoxy groups -OCH3 is 1. The van der Waals surface area contributed by atoms with Crippen molar-refractivity contribution in [2.24, 2.45) is 40.6 Å². The molecule has 6 unspecified atom stereocenters. The molecule has 3 fully saturated rings. The molecule has 2 bridgehead atoms. The number of rotatable bonds is 3. The van der Waals surface area contributed by atoms with Gasteiger partial charge in [-0.3, -0.25) is 9.59 Å². The van der Waals surface area contributed by atoms with Gasteiger partial charge in [-0.25, -0.2) is 0 Å². The number of carbonyl (C=O) groups excluding carboxylic acids is 2. The van der Waals surface area contributed by atoms with Crippen LogP contribution < -0.4 is 4.74 Å². The Balaban J connectivity index is 1.42. The summed E-state index contributed by atoms with van der Waals surface area (Å²) < 4.78 is 5.06. The summed E-state index contributed by atoms with van der Waals surface area (Å²) in [5.74, 6) is 1.08. The molecule has 1 aliphatic heterocycles. The number of allylic oxidation sites excluding steroid dienone is 2. The van der Waals surface area contributed by atoms with Crippen LogP contribution in [0.25, 0.3) is 0 Å². The Morgan fingerprint density at radius 2 is 1.80 bits per heavy atom. The first kappa shape index (κ1) is 14.7. The van der Waals surface area contributed by atoms with Crippen LogP contribution in [0.3, 0.4) is 0 Å². The van der Waals surface area contributed by atoms with Crippen LogP contribution in [-0.4, -0.2) is 35.3 Å². The largest absolute Gasteiger partial charge is 0.504 e. The molecule has 0 aromatic heterocycles. The van der Waals surface area contributed by atoms with Crippen LogP contribution in [0, 0.1) is 35.5 Å². The van der Waals surface area contributed by atoms with E-state index in [1.807, 2.05) is 0 Å². The standard InChI is InChI=1S/C19H18N2O4/c1-25-15-6-9(2-5-14(15)22)8-20-21-18(23)16-10-3-4-11(13-7-12(10)13)17(16)19(21)24/h2-6,8,10-13,16-17,22H,7H2,1H3. The molecule has 2 saturated carbocycles. The first-order chi connectivity index (χ1) is 12.1. The van der Waals surface area contributed by atoms with E-state index in [-0.39, 0.29) is 41.2 Å². The van der Waals surface area contributed by atoms with Gasteiger partial charge in [0.15, 0.2) is 11.5 Å². The molecule has 1 N–H and O–H groups in total. The van der Waals surface area contributed by atoms with Crippen molar-refractivity contribution in [3.63, 3.8) is 0 Å². The predicted octanol–water partition coefficient (Wildman–Crippen LogP) is 1.79. The summed E-state index contributed by atoms with van der Waals surface area (Å²) >= 11 is 0. The fourth-order valence-electron chi connectivity index (χ4n) is 4.95. The fourth-order valence-corrected chi connectivity index (χ4v) is 4.95. The van der Waals surface area contributed by atoms with Gasteiger partial charge in [-0.05, 0) is 53.9 Å². The highest BCUT2D eigenvalue weighted by molar-refractivity contribution is 6.06.